The summed E-state index contributed by atoms with van der Waals surface area (Å²) >= 11 is 3.74. The average Bonchev–Trinajstić information content (AvgIpc) is 2.32. The topological polar surface area (TPSA) is 3.24 Å². The van der Waals surface area contributed by atoms with Gasteiger partial charge in [-0.3, -0.25) is 0 Å². The van der Waals surface area contributed by atoms with Crippen molar-refractivity contribution in [2.75, 3.05) is 22.9 Å². The van der Waals surface area contributed by atoms with Gasteiger partial charge in [0.25, 0.3) is 0 Å². The number of benzene rings is 1. The van der Waals surface area contributed by atoms with Crippen LogP contribution in [0.1, 0.15) is 13.8 Å². The molecular formula is C13H17NS2. The molecule has 1 aliphatic heterocycles. The van der Waals surface area contributed by atoms with Crippen LogP contribution in [0.3, 0.4) is 0 Å². The van der Waals surface area contributed by atoms with Gasteiger partial charge in [0, 0.05) is 10.6 Å². The Balaban J connectivity index is 2.26. The largest absolute Gasteiger partial charge is 0.311 e. The van der Waals surface area contributed by atoms with Crippen molar-refractivity contribution in [3.8, 4) is 0 Å². The third-order valence-electron chi connectivity index (χ3n) is 2.90. The zero-order valence-electron chi connectivity index (χ0n) is 9.99. The smallest absolute Gasteiger partial charge is 0.0609 e. The molecule has 1 heterocycles. The van der Waals surface area contributed by atoms with Gasteiger partial charge in [-0.25, -0.2) is 0 Å². The van der Waals surface area contributed by atoms with E-state index in [0.717, 1.165) is 12.3 Å². The van der Waals surface area contributed by atoms with E-state index in [1.165, 1.54) is 21.7 Å². The second-order valence-corrected chi connectivity index (χ2v) is 5.88. The van der Waals surface area contributed by atoms with Crippen LogP contribution in [-0.2, 0) is 0 Å². The molecule has 0 saturated heterocycles. The summed E-state index contributed by atoms with van der Waals surface area (Å²) < 4.78 is 2.41. The van der Waals surface area contributed by atoms with Gasteiger partial charge in [0.1, 0.15) is 0 Å². The molecule has 16 heavy (non-hydrogen) atoms. The van der Waals surface area contributed by atoms with E-state index in [1.807, 2.05) is 23.7 Å². The quantitative estimate of drug-likeness (QED) is 0.440. The van der Waals surface area contributed by atoms with Gasteiger partial charge in [-0.15, -0.1) is 11.8 Å². The second-order valence-electron chi connectivity index (χ2n) is 4.04. The fraction of sp³-hybridized carbons (Fsp3) is 0.385. The van der Waals surface area contributed by atoms with E-state index in [4.69, 9.17) is 0 Å². The summed E-state index contributed by atoms with van der Waals surface area (Å²) in [5, 5.41) is 0. The monoisotopic (exact) mass is 251 g/mol. The van der Waals surface area contributed by atoms with Crippen molar-refractivity contribution in [1.82, 2.24) is 0 Å². The molecule has 0 saturated carbocycles. The standard InChI is InChI=1S/C13H17NS2/c1-10-8-14(16-9-11(10)2)12-6-4-5-7-13(12)15-3/h4-7H,8-9H2,1-3H3. The molecule has 1 nitrogen and oxygen atoms in total. The van der Waals surface area contributed by atoms with E-state index < -0.39 is 0 Å². The van der Waals surface area contributed by atoms with Crippen molar-refractivity contribution in [3.63, 3.8) is 0 Å². The maximum atomic E-state index is 2.41. The van der Waals surface area contributed by atoms with Crippen molar-refractivity contribution in [3.05, 3.63) is 35.4 Å². The van der Waals surface area contributed by atoms with Crippen molar-refractivity contribution in [2.45, 2.75) is 18.7 Å². The fourth-order valence-electron chi connectivity index (χ4n) is 1.68. The Kier molecular flexibility index (Phi) is 3.87. The number of rotatable bonds is 2. The predicted molar refractivity (Wildman–Crippen MR) is 76.4 cm³/mol. The Morgan fingerprint density at radius 2 is 1.94 bits per heavy atom. The summed E-state index contributed by atoms with van der Waals surface area (Å²) in [6, 6.07) is 8.64. The Labute approximate surface area is 106 Å². The van der Waals surface area contributed by atoms with Crippen molar-refractivity contribution < 1.29 is 0 Å². The highest BCUT2D eigenvalue weighted by Crippen LogP contribution is 2.35. The third-order valence-corrected chi connectivity index (χ3v) is 4.88. The lowest BCUT2D eigenvalue weighted by Gasteiger charge is -2.30. The van der Waals surface area contributed by atoms with E-state index in [0.29, 0.717) is 0 Å². The number of anilines is 1. The zero-order chi connectivity index (χ0) is 11.5. The lowest BCUT2D eigenvalue weighted by atomic mass is 10.1. The summed E-state index contributed by atoms with van der Waals surface area (Å²) in [7, 11) is 0. The fourth-order valence-corrected chi connectivity index (χ4v) is 3.52. The Bertz CT molecular complexity index is 412. The average molecular weight is 251 g/mol. The first-order chi connectivity index (χ1) is 7.72. The molecule has 1 aromatic rings. The first-order valence-corrected chi connectivity index (χ1v) is 7.58. The zero-order valence-corrected chi connectivity index (χ0v) is 11.6. The van der Waals surface area contributed by atoms with Crippen molar-refractivity contribution >= 4 is 29.4 Å². The molecule has 1 aromatic carbocycles. The van der Waals surface area contributed by atoms with Gasteiger partial charge in [-0.1, -0.05) is 23.3 Å². The van der Waals surface area contributed by atoms with Gasteiger partial charge in [-0.2, -0.15) is 0 Å². The minimum absolute atomic E-state index is 1.05. The van der Waals surface area contributed by atoms with Crippen molar-refractivity contribution in [1.29, 1.82) is 0 Å². The molecule has 0 aliphatic carbocycles. The highest BCUT2D eigenvalue weighted by Gasteiger charge is 2.17. The first-order valence-electron chi connectivity index (χ1n) is 5.41. The molecule has 0 bridgehead atoms. The number of nitrogens with zero attached hydrogens (tertiary/aromatic N) is 1. The highest BCUT2D eigenvalue weighted by molar-refractivity contribution is 8.01. The lowest BCUT2D eigenvalue weighted by Crippen LogP contribution is -2.23. The van der Waals surface area contributed by atoms with Crippen LogP contribution in [0.4, 0.5) is 5.69 Å². The maximum absolute atomic E-state index is 2.41. The highest BCUT2D eigenvalue weighted by atomic mass is 32.2. The molecular weight excluding hydrogens is 234 g/mol. The molecule has 0 N–H and O–H groups in total. The van der Waals surface area contributed by atoms with Gasteiger partial charge in [0.2, 0.25) is 0 Å². The number of hydrogen-bond acceptors (Lipinski definition) is 3. The first kappa shape index (κ1) is 11.9. The predicted octanol–water partition coefficient (Wildman–Crippen LogP) is 4.21. The molecule has 3 heteroatoms. The van der Waals surface area contributed by atoms with Crippen LogP contribution < -0.4 is 4.31 Å². The number of thioether (sulfide) groups is 1. The van der Waals surface area contributed by atoms with Crippen LogP contribution in [0, 0.1) is 0 Å². The molecule has 0 fully saturated rings. The molecule has 0 aromatic heterocycles. The summed E-state index contributed by atoms with van der Waals surface area (Å²) in [6.07, 6.45) is 2.14. The van der Waals surface area contributed by atoms with Crippen LogP contribution >= 0.6 is 23.7 Å². The maximum Gasteiger partial charge on any atom is 0.0609 e. The molecule has 86 valence electrons. The molecule has 2 rings (SSSR count). The van der Waals surface area contributed by atoms with Crippen LogP contribution in [0.2, 0.25) is 0 Å². The van der Waals surface area contributed by atoms with Gasteiger partial charge < -0.3 is 4.31 Å². The molecule has 0 spiro atoms. The third kappa shape index (κ3) is 2.41. The molecule has 0 radical (unpaired) electrons. The Morgan fingerprint density at radius 1 is 1.19 bits per heavy atom. The van der Waals surface area contributed by atoms with Crippen LogP contribution in [-0.4, -0.2) is 18.6 Å². The summed E-state index contributed by atoms with van der Waals surface area (Å²) in [5.41, 5.74) is 4.39. The lowest BCUT2D eigenvalue weighted by molar-refractivity contribution is 1.04. The second kappa shape index (κ2) is 5.19. The Hall–Kier alpha value is -0.540. The van der Waals surface area contributed by atoms with Gasteiger partial charge >= 0.3 is 0 Å². The molecule has 0 unspecified atom stereocenters. The number of para-hydroxylation sites is 1. The summed E-state index contributed by atoms with van der Waals surface area (Å²) in [5.74, 6) is 1.12. The van der Waals surface area contributed by atoms with E-state index in [9.17, 15) is 0 Å². The summed E-state index contributed by atoms with van der Waals surface area (Å²) in [4.78, 5) is 1.36. The van der Waals surface area contributed by atoms with E-state index in [-0.39, 0.29) is 0 Å². The van der Waals surface area contributed by atoms with Crippen LogP contribution in [0.25, 0.3) is 0 Å². The molecule has 0 atom stereocenters. The molecule has 1 aliphatic rings. The van der Waals surface area contributed by atoms with Crippen LogP contribution in [0.15, 0.2) is 40.3 Å². The van der Waals surface area contributed by atoms with Gasteiger partial charge in [-0.05, 0) is 44.2 Å². The van der Waals surface area contributed by atoms with Gasteiger partial charge in [0.15, 0.2) is 0 Å². The van der Waals surface area contributed by atoms with Crippen molar-refractivity contribution in [2.24, 2.45) is 0 Å². The van der Waals surface area contributed by atoms with E-state index >= 15 is 0 Å². The van der Waals surface area contributed by atoms with Crippen LogP contribution in [0.5, 0.6) is 0 Å². The van der Waals surface area contributed by atoms with E-state index in [2.05, 4.69) is 48.7 Å². The SMILES string of the molecule is CSc1ccccc1N1CC(C)=C(C)CS1. The number of hydrogen-bond donors (Lipinski definition) is 0. The normalized spacial score (nSPS) is 16.8. The Morgan fingerprint density at radius 3 is 2.62 bits per heavy atom. The summed E-state index contributed by atoms with van der Waals surface area (Å²) in [6.45, 7) is 5.53. The van der Waals surface area contributed by atoms with E-state index in [1.54, 1.807) is 0 Å². The molecule has 0 amide bonds. The minimum atomic E-state index is 1.05. The van der Waals surface area contributed by atoms with Gasteiger partial charge in [0.05, 0.1) is 12.2 Å². The minimum Gasteiger partial charge on any atom is -0.311 e.